The van der Waals surface area contributed by atoms with Gasteiger partial charge in [-0.05, 0) is 26.4 Å². The maximum atomic E-state index is 13.0. The van der Waals surface area contributed by atoms with E-state index in [1.54, 1.807) is 0 Å². The molecule has 0 aromatic heterocycles. The number of phosphoric acid groups is 3. The fraction of sp³-hybridized carbons (Fsp3) is 1.00. The highest BCUT2D eigenvalue weighted by atomic mass is 31.2. The third-order valence-electron chi connectivity index (χ3n) is 6.03. The zero-order chi connectivity index (χ0) is 37.6. The third kappa shape index (κ3) is 27.1. The van der Waals surface area contributed by atoms with Gasteiger partial charge in [0.25, 0.3) is 0 Å². The molecule has 0 aliphatic heterocycles. The Kier molecular flexibility index (Phi) is 30.9. The van der Waals surface area contributed by atoms with E-state index in [4.69, 9.17) is 55.5 Å². The molecule has 0 aliphatic carbocycles. The van der Waals surface area contributed by atoms with E-state index >= 15 is 0 Å². The van der Waals surface area contributed by atoms with Crippen LogP contribution >= 0.6 is 31.6 Å². The van der Waals surface area contributed by atoms with Gasteiger partial charge < -0.3 is 29.2 Å². The van der Waals surface area contributed by atoms with Crippen LogP contribution in [0.15, 0.2) is 0 Å². The molecule has 3 N–H and O–H groups in total. The summed E-state index contributed by atoms with van der Waals surface area (Å²) in [5, 5.41) is 3.07. The number of nitrogens with one attached hydrogen (secondary N) is 1. The number of unbranched alkanes of at least 4 members (excludes halogenated alkanes) is 1. The van der Waals surface area contributed by atoms with Crippen LogP contribution in [0.2, 0.25) is 0 Å². The van der Waals surface area contributed by atoms with Crippen LogP contribution in [0.5, 0.6) is 0 Å². The molecule has 0 radical (unpaired) electrons. The first-order chi connectivity index (χ1) is 23.9. The van der Waals surface area contributed by atoms with Crippen molar-refractivity contribution in [3.8, 4) is 0 Å². The number of hydrogen-bond acceptors (Lipinski definition) is 20. The Morgan fingerprint density at radius 2 is 1.06 bits per heavy atom. The molecule has 0 aromatic carbocycles. The van der Waals surface area contributed by atoms with Gasteiger partial charge in [0.1, 0.15) is 13.2 Å². The summed E-state index contributed by atoms with van der Waals surface area (Å²) in [5.74, 6) is -0.329. The van der Waals surface area contributed by atoms with E-state index in [1.807, 2.05) is 7.05 Å². The van der Waals surface area contributed by atoms with E-state index in [0.29, 0.717) is 6.42 Å². The average Bonchev–Trinajstić information content (AvgIpc) is 3.12. The Hall–Kier alpha value is 0.400. The molecule has 0 fully saturated rings. The van der Waals surface area contributed by atoms with Crippen LogP contribution in [0.3, 0.4) is 0 Å². The van der Waals surface area contributed by atoms with E-state index in [-0.39, 0.29) is 98.4 Å². The summed E-state index contributed by atoms with van der Waals surface area (Å²) in [6.45, 7) is 1.59. The quantitative estimate of drug-likeness (QED) is 0.0597. The van der Waals surface area contributed by atoms with Crippen LogP contribution in [-0.4, -0.2) is 151 Å². The molecule has 21 nitrogen and oxygen atoms in total. The van der Waals surface area contributed by atoms with Gasteiger partial charge in [-0.2, -0.15) is 18.5 Å². The molecule has 0 amide bonds. The lowest BCUT2D eigenvalue weighted by Crippen LogP contribution is -2.20. The van der Waals surface area contributed by atoms with Gasteiger partial charge >= 0.3 is 31.6 Å². The van der Waals surface area contributed by atoms with Crippen LogP contribution in [0.1, 0.15) is 19.3 Å². The summed E-state index contributed by atoms with van der Waals surface area (Å²) in [4.78, 5) is 19.9. The SMILES string of the molecule is CNCCCCC(COP(=O)(OC)OCCOCCOCCOP(=O)(O)OC)CO[P+](O)(OC)OCCOCCOCCOP(=O)(OC)OC. The van der Waals surface area contributed by atoms with Crippen molar-refractivity contribution >= 4 is 31.6 Å². The maximum Gasteiger partial charge on any atom is 0.572 e. The Bertz CT molecular complexity index is 949. The van der Waals surface area contributed by atoms with Crippen molar-refractivity contribution in [1.82, 2.24) is 5.32 Å². The van der Waals surface area contributed by atoms with Crippen LogP contribution in [-0.2, 0) is 82.4 Å². The minimum absolute atomic E-state index is 0.00340. The summed E-state index contributed by atoms with van der Waals surface area (Å²) in [6.07, 6.45) is 2.26. The molecule has 0 saturated carbocycles. The molecular formula is C25H58NO20P4+. The zero-order valence-electron chi connectivity index (χ0n) is 29.8. The standard InChI is InChI=1S/C25H57NO20P4/c1-26-10-8-7-9-25(23-45-49(30,35-5)43-21-17-39-12-11-37-15-19-41-47(27,28)32-2)24-46-50(31,36-6)44-22-18-40-14-13-38-16-20-42-48(29,33-3)34-4/h25-26,31H,7-24H2,1-6H3/p+1. The highest BCUT2D eigenvalue weighted by Crippen LogP contribution is 2.58. The molecule has 0 aromatic rings. The molecule has 0 bridgehead atoms. The second kappa shape index (κ2) is 30.7. The van der Waals surface area contributed by atoms with E-state index in [9.17, 15) is 18.6 Å². The van der Waals surface area contributed by atoms with Crippen molar-refractivity contribution in [3.63, 3.8) is 0 Å². The number of ether oxygens (including phenoxy) is 4. The summed E-state index contributed by atoms with van der Waals surface area (Å²) in [7, 11) is -7.44. The van der Waals surface area contributed by atoms with Gasteiger partial charge in [0.15, 0.2) is 0 Å². The normalized spacial score (nSPS) is 16.6. The zero-order valence-corrected chi connectivity index (χ0v) is 33.4. The monoisotopic (exact) mass is 816 g/mol. The Labute approximate surface area is 295 Å². The predicted molar refractivity (Wildman–Crippen MR) is 179 cm³/mol. The fourth-order valence-corrected chi connectivity index (χ4v) is 6.38. The van der Waals surface area contributed by atoms with Crippen molar-refractivity contribution in [2.24, 2.45) is 5.92 Å². The summed E-state index contributed by atoms with van der Waals surface area (Å²) >= 11 is 0. The highest BCUT2D eigenvalue weighted by Gasteiger charge is 2.44. The van der Waals surface area contributed by atoms with Gasteiger partial charge in [0.2, 0.25) is 0 Å². The lowest BCUT2D eigenvalue weighted by atomic mass is 10.0. The summed E-state index contributed by atoms with van der Waals surface area (Å²) in [6, 6.07) is 0. The van der Waals surface area contributed by atoms with E-state index in [1.165, 1.54) is 28.4 Å². The van der Waals surface area contributed by atoms with Crippen molar-refractivity contribution in [1.29, 1.82) is 0 Å². The lowest BCUT2D eigenvalue weighted by Gasteiger charge is -2.21. The summed E-state index contributed by atoms with van der Waals surface area (Å²) in [5.41, 5.74) is 0. The number of hydrogen-bond donors (Lipinski definition) is 3. The minimum Gasteiger partial charge on any atom is -0.377 e. The molecule has 0 aliphatic rings. The molecular weight excluding hydrogens is 758 g/mol. The number of phosphoric ester groups is 3. The second-order valence-electron chi connectivity index (χ2n) is 9.58. The van der Waals surface area contributed by atoms with Gasteiger partial charge in [-0.25, -0.2) is 13.7 Å². The average molecular weight is 817 g/mol. The first kappa shape index (κ1) is 50.4. The fourth-order valence-electron chi connectivity index (χ4n) is 3.35. The smallest absolute Gasteiger partial charge is 0.377 e. The van der Waals surface area contributed by atoms with E-state index in [2.05, 4.69) is 23.4 Å². The first-order valence-electron chi connectivity index (χ1n) is 15.6. The van der Waals surface area contributed by atoms with Crippen LogP contribution in [0.4, 0.5) is 0 Å². The van der Waals surface area contributed by atoms with Crippen molar-refractivity contribution in [2.45, 2.75) is 19.3 Å². The highest BCUT2D eigenvalue weighted by molar-refractivity contribution is 7.55. The van der Waals surface area contributed by atoms with Crippen LogP contribution < -0.4 is 5.32 Å². The Morgan fingerprint density at radius 3 is 1.54 bits per heavy atom. The van der Waals surface area contributed by atoms with Crippen molar-refractivity contribution in [3.05, 3.63) is 0 Å². The number of rotatable bonds is 38. The minimum atomic E-state index is -4.04. The Balaban J connectivity index is 4.50. The largest absolute Gasteiger partial charge is 0.572 e. The van der Waals surface area contributed by atoms with Crippen molar-refractivity contribution < 1.29 is 92.2 Å². The van der Waals surface area contributed by atoms with Gasteiger partial charge in [0.05, 0.1) is 86.4 Å². The Morgan fingerprint density at radius 1 is 0.580 bits per heavy atom. The summed E-state index contributed by atoms with van der Waals surface area (Å²) < 4.78 is 113. The van der Waals surface area contributed by atoms with Crippen LogP contribution in [0.25, 0.3) is 0 Å². The van der Waals surface area contributed by atoms with E-state index in [0.717, 1.165) is 26.5 Å². The molecule has 0 spiro atoms. The van der Waals surface area contributed by atoms with E-state index < -0.39 is 31.6 Å². The lowest BCUT2D eigenvalue weighted by molar-refractivity contribution is 0.00974. The van der Waals surface area contributed by atoms with Gasteiger partial charge in [-0.1, -0.05) is 6.42 Å². The predicted octanol–water partition coefficient (Wildman–Crippen LogP) is 3.38. The topological polar surface area (TPSA) is 242 Å². The van der Waals surface area contributed by atoms with Gasteiger partial charge in [-0.3, -0.25) is 36.2 Å². The molecule has 25 heteroatoms. The second-order valence-corrected chi connectivity index (χ2v) is 16.6. The maximum absolute atomic E-state index is 13.0. The first-order valence-corrected chi connectivity index (χ1v) is 21.5. The van der Waals surface area contributed by atoms with Gasteiger partial charge in [0, 0.05) is 34.4 Å². The molecule has 0 heterocycles. The molecule has 4 unspecified atom stereocenters. The van der Waals surface area contributed by atoms with Crippen LogP contribution in [0, 0.1) is 5.92 Å². The molecule has 0 saturated heterocycles. The third-order valence-corrected chi connectivity index (χ3v) is 11.2. The van der Waals surface area contributed by atoms with Crippen molar-refractivity contribution in [2.75, 3.05) is 142 Å². The molecule has 302 valence electrons. The molecule has 0 rings (SSSR count). The molecule has 4 atom stereocenters. The van der Waals surface area contributed by atoms with Gasteiger partial charge in [-0.15, -0.1) is 0 Å². The molecule has 50 heavy (non-hydrogen) atoms.